The molecule has 3 N–H and O–H groups in total. The maximum absolute atomic E-state index is 12.0. The molecule has 0 aliphatic rings. The summed E-state index contributed by atoms with van der Waals surface area (Å²) in [7, 11) is 0. The van der Waals surface area contributed by atoms with Crippen LogP contribution in [0.5, 0.6) is 0 Å². The maximum Gasteiger partial charge on any atom is 0.275 e. The molecule has 2 aromatic rings. The number of anilines is 1. The van der Waals surface area contributed by atoms with Crippen LogP contribution in [0.15, 0.2) is 23.6 Å². The SMILES string of the molecule is Cc1cc(Cl)ccc1NC(=O)c1csc(CCN)n1. The zero-order valence-electron chi connectivity index (χ0n) is 10.4. The summed E-state index contributed by atoms with van der Waals surface area (Å²) >= 11 is 7.32. The van der Waals surface area contributed by atoms with E-state index in [1.165, 1.54) is 11.3 Å². The minimum atomic E-state index is -0.218. The second kappa shape index (κ2) is 6.14. The smallest absolute Gasteiger partial charge is 0.275 e. The van der Waals surface area contributed by atoms with E-state index in [4.69, 9.17) is 17.3 Å². The van der Waals surface area contributed by atoms with E-state index < -0.39 is 0 Å². The molecular weight excluding hydrogens is 282 g/mol. The summed E-state index contributed by atoms with van der Waals surface area (Å²) in [6, 6.07) is 5.33. The number of hydrogen-bond acceptors (Lipinski definition) is 4. The van der Waals surface area contributed by atoms with E-state index in [0.29, 0.717) is 23.7 Å². The molecule has 0 bridgehead atoms. The van der Waals surface area contributed by atoms with E-state index in [2.05, 4.69) is 10.3 Å². The number of aryl methyl sites for hydroxylation is 1. The van der Waals surface area contributed by atoms with Gasteiger partial charge in [-0.15, -0.1) is 11.3 Å². The lowest BCUT2D eigenvalue weighted by atomic mass is 10.2. The van der Waals surface area contributed by atoms with Gasteiger partial charge in [-0.25, -0.2) is 4.98 Å². The van der Waals surface area contributed by atoms with Crippen LogP contribution in [0.25, 0.3) is 0 Å². The van der Waals surface area contributed by atoms with Gasteiger partial charge in [-0.1, -0.05) is 11.6 Å². The molecule has 0 fully saturated rings. The number of halogens is 1. The number of hydrogen-bond donors (Lipinski definition) is 2. The van der Waals surface area contributed by atoms with E-state index in [0.717, 1.165) is 16.3 Å². The highest BCUT2D eigenvalue weighted by Crippen LogP contribution is 2.20. The van der Waals surface area contributed by atoms with Crippen molar-refractivity contribution in [3.05, 3.63) is 44.9 Å². The Morgan fingerprint density at radius 3 is 3.00 bits per heavy atom. The Kier molecular flexibility index (Phi) is 4.52. The van der Waals surface area contributed by atoms with Gasteiger partial charge < -0.3 is 11.1 Å². The molecule has 0 saturated carbocycles. The van der Waals surface area contributed by atoms with Crippen molar-refractivity contribution in [3.8, 4) is 0 Å². The number of amides is 1. The van der Waals surface area contributed by atoms with Crippen LogP contribution in [0.1, 0.15) is 21.1 Å². The zero-order valence-corrected chi connectivity index (χ0v) is 12.0. The van der Waals surface area contributed by atoms with Crippen LogP contribution in [-0.4, -0.2) is 17.4 Å². The molecule has 0 spiro atoms. The summed E-state index contributed by atoms with van der Waals surface area (Å²) in [6.45, 7) is 2.42. The number of carbonyl (C=O) groups is 1. The summed E-state index contributed by atoms with van der Waals surface area (Å²) in [4.78, 5) is 16.3. The normalized spacial score (nSPS) is 10.5. The molecule has 4 nitrogen and oxygen atoms in total. The monoisotopic (exact) mass is 295 g/mol. The number of nitrogens with one attached hydrogen (secondary N) is 1. The van der Waals surface area contributed by atoms with Gasteiger partial charge in [0.2, 0.25) is 0 Å². The third-order valence-corrected chi connectivity index (χ3v) is 3.72. The molecule has 1 aromatic carbocycles. The van der Waals surface area contributed by atoms with Gasteiger partial charge in [-0.3, -0.25) is 4.79 Å². The highest BCUT2D eigenvalue weighted by molar-refractivity contribution is 7.09. The fourth-order valence-electron chi connectivity index (χ4n) is 1.61. The molecule has 0 atom stereocenters. The Morgan fingerprint density at radius 2 is 2.32 bits per heavy atom. The first-order valence-corrected chi connectivity index (χ1v) is 7.08. The van der Waals surface area contributed by atoms with E-state index >= 15 is 0 Å². The van der Waals surface area contributed by atoms with Crippen LogP contribution in [-0.2, 0) is 6.42 Å². The van der Waals surface area contributed by atoms with Crippen molar-refractivity contribution in [2.24, 2.45) is 5.73 Å². The standard InChI is InChI=1S/C13H14ClN3OS/c1-8-6-9(14)2-3-10(8)17-13(18)11-7-19-12(16-11)4-5-15/h2-3,6-7H,4-5,15H2,1H3,(H,17,18). The van der Waals surface area contributed by atoms with Gasteiger partial charge in [0.1, 0.15) is 5.69 Å². The lowest BCUT2D eigenvalue weighted by Gasteiger charge is -2.07. The molecule has 0 radical (unpaired) electrons. The minimum Gasteiger partial charge on any atom is -0.330 e. The first-order chi connectivity index (χ1) is 9.10. The topological polar surface area (TPSA) is 68.0 Å². The first kappa shape index (κ1) is 14.0. The molecule has 1 heterocycles. The van der Waals surface area contributed by atoms with E-state index in [1.54, 1.807) is 23.6 Å². The van der Waals surface area contributed by atoms with Crippen LogP contribution < -0.4 is 11.1 Å². The number of nitrogens with zero attached hydrogens (tertiary/aromatic N) is 1. The molecular formula is C13H14ClN3OS. The summed E-state index contributed by atoms with van der Waals surface area (Å²) in [6.07, 6.45) is 0.692. The van der Waals surface area contributed by atoms with Crippen molar-refractivity contribution in [1.82, 2.24) is 4.98 Å². The highest BCUT2D eigenvalue weighted by atomic mass is 35.5. The summed E-state index contributed by atoms with van der Waals surface area (Å²) in [5.74, 6) is -0.218. The van der Waals surface area contributed by atoms with Gasteiger partial charge >= 0.3 is 0 Å². The quantitative estimate of drug-likeness (QED) is 0.911. The van der Waals surface area contributed by atoms with Crippen molar-refractivity contribution in [1.29, 1.82) is 0 Å². The van der Waals surface area contributed by atoms with Crippen LogP contribution in [0.2, 0.25) is 5.02 Å². The highest BCUT2D eigenvalue weighted by Gasteiger charge is 2.11. The number of nitrogens with two attached hydrogens (primary N) is 1. The van der Waals surface area contributed by atoms with Crippen molar-refractivity contribution in [3.63, 3.8) is 0 Å². The molecule has 100 valence electrons. The Labute approximate surface area is 120 Å². The minimum absolute atomic E-state index is 0.218. The van der Waals surface area contributed by atoms with Crippen LogP contribution in [0.3, 0.4) is 0 Å². The third kappa shape index (κ3) is 3.53. The molecule has 2 rings (SSSR count). The van der Waals surface area contributed by atoms with Gasteiger partial charge in [0.15, 0.2) is 0 Å². The predicted octanol–water partition coefficient (Wildman–Crippen LogP) is 2.86. The predicted molar refractivity (Wildman–Crippen MR) is 79.0 cm³/mol. The number of thiazole rings is 1. The summed E-state index contributed by atoms with van der Waals surface area (Å²) in [5, 5.41) is 6.09. The number of rotatable bonds is 4. The summed E-state index contributed by atoms with van der Waals surface area (Å²) in [5.41, 5.74) is 7.53. The fraction of sp³-hybridized carbons (Fsp3) is 0.231. The Hall–Kier alpha value is -1.43. The molecule has 0 saturated heterocycles. The lowest BCUT2D eigenvalue weighted by Crippen LogP contribution is -2.13. The first-order valence-electron chi connectivity index (χ1n) is 5.82. The second-order valence-corrected chi connectivity index (χ2v) is 5.46. The molecule has 0 aliphatic heterocycles. The average molecular weight is 296 g/mol. The van der Waals surface area contributed by atoms with Crippen molar-refractivity contribution in [2.75, 3.05) is 11.9 Å². The largest absolute Gasteiger partial charge is 0.330 e. The molecule has 1 amide bonds. The zero-order chi connectivity index (χ0) is 13.8. The lowest BCUT2D eigenvalue weighted by molar-refractivity contribution is 0.102. The fourth-order valence-corrected chi connectivity index (χ4v) is 2.63. The van der Waals surface area contributed by atoms with Crippen molar-refractivity contribution in [2.45, 2.75) is 13.3 Å². The number of carbonyl (C=O) groups excluding carboxylic acids is 1. The van der Waals surface area contributed by atoms with Gasteiger partial charge in [-0.2, -0.15) is 0 Å². The van der Waals surface area contributed by atoms with Crippen LogP contribution >= 0.6 is 22.9 Å². The van der Waals surface area contributed by atoms with E-state index in [1.807, 2.05) is 6.92 Å². The molecule has 6 heteroatoms. The molecule has 0 aliphatic carbocycles. The van der Waals surface area contributed by atoms with Gasteiger partial charge in [0, 0.05) is 22.5 Å². The molecule has 1 aromatic heterocycles. The maximum atomic E-state index is 12.0. The Bertz CT molecular complexity index is 597. The number of benzene rings is 1. The third-order valence-electron chi connectivity index (χ3n) is 2.58. The average Bonchev–Trinajstić information content (AvgIpc) is 2.82. The number of aromatic nitrogens is 1. The Balaban J connectivity index is 2.11. The Morgan fingerprint density at radius 1 is 1.53 bits per heavy atom. The van der Waals surface area contributed by atoms with Crippen molar-refractivity contribution >= 4 is 34.5 Å². The molecule has 0 unspecified atom stereocenters. The van der Waals surface area contributed by atoms with Crippen molar-refractivity contribution < 1.29 is 4.79 Å². The molecule has 19 heavy (non-hydrogen) atoms. The van der Waals surface area contributed by atoms with E-state index in [-0.39, 0.29) is 5.91 Å². The van der Waals surface area contributed by atoms with Gasteiger partial charge in [0.05, 0.1) is 5.01 Å². The van der Waals surface area contributed by atoms with Gasteiger partial charge in [0.25, 0.3) is 5.91 Å². The van der Waals surface area contributed by atoms with Crippen LogP contribution in [0.4, 0.5) is 5.69 Å². The summed E-state index contributed by atoms with van der Waals surface area (Å²) < 4.78 is 0. The van der Waals surface area contributed by atoms with Gasteiger partial charge in [-0.05, 0) is 37.2 Å². The second-order valence-electron chi connectivity index (χ2n) is 4.08. The van der Waals surface area contributed by atoms with E-state index in [9.17, 15) is 4.79 Å². The van der Waals surface area contributed by atoms with Crippen LogP contribution in [0, 0.1) is 6.92 Å².